The molecule has 0 radical (unpaired) electrons. The number of carbonyl (C=O) groups excluding carboxylic acids is 4. The Hall–Kier alpha value is -3.45. The van der Waals surface area contributed by atoms with Crippen molar-refractivity contribution in [3.8, 4) is 0 Å². The summed E-state index contributed by atoms with van der Waals surface area (Å²) in [5.74, 6) is -2.05. The normalized spacial score (nSPS) is 30.6. The highest BCUT2D eigenvalue weighted by atomic mass is 32.2. The zero-order chi connectivity index (χ0) is 32.4. The molecule has 2 heterocycles. The van der Waals surface area contributed by atoms with E-state index in [1.165, 1.54) is 4.90 Å². The van der Waals surface area contributed by atoms with Crippen molar-refractivity contribution in [1.82, 2.24) is 25.0 Å². The van der Waals surface area contributed by atoms with Crippen LogP contribution in [0.5, 0.6) is 0 Å². The fourth-order valence-corrected chi connectivity index (χ4v) is 7.52. The Morgan fingerprint density at radius 1 is 1.04 bits per heavy atom. The molecule has 6 atom stereocenters. The summed E-state index contributed by atoms with van der Waals surface area (Å²) in [7, 11) is -4.20. The highest BCUT2D eigenvalue weighted by molar-refractivity contribution is 7.88. The van der Waals surface area contributed by atoms with Crippen molar-refractivity contribution in [1.29, 1.82) is 0 Å². The second kappa shape index (κ2) is 13.1. The van der Waals surface area contributed by atoms with Gasteiger partial charge in [0.15, 0.2) is 0 Å². The zero-order valence-corrected chi connectivity index (χ0v) is 27.0. The van der Waals surface area contributed by atoms with Crippen LogP contribution in [0.3, 0.4) is 0 Å². The number of carbonyl (C=O) groups is 4. The minimum Gasteiger partial charge on any atom is -0.444 e. The average Bonchev–Trinajstić information content (AvgIpc) is 3.81. The standard InChI is InChI=1S/C32H45N5O7S/c1-31(2,3)44-30(41)33-24-16-11-6-4-5-10-15-22-20-32(22,34-27(38)26-17-12-18-37(26)28(24)39)29(40)36-45(42,43)35-25-19-23(25)21-13-8-7-9-14-21/h7-10,13-15,22-26,35H,4-6,11-12,16-20H2,1-3H3,(H,33,41)(H,34,38)(H,36,40)/t22-,23?,24?,25?,26+,32-/m1/s1. The van der Waals surface area contributed by atoms with Gasteiger partial charge in [-0.05, 0) is 71.3 Å². The van der Waals surface area contributed by atoms with Gasteiger partial charge in [-0.25, -0.2) is 9.52 Å². The molecule has 4 N–H and O–H groups in total. The number of amides is 4. The highest BCUT2D eigenvalue weighted by Gasteiger charge is 2.61. The van der Waals surface area contributed by atoms with Gasteiger partial charge in [0.1, 0.15) is 23.2 Å². The van der Waals surface area contributed by atoms with E-state index in [4.69, 9.17) is 4.74 Å². The van der Waals surface area contributed by atoms with Crippen LogP contribution < -0.4 is 20.1 Å². The van der Waals surface area contributed by atoms with E-state index in [0.717, 1.165) is 24.8 Å². The van der Waals surface area contributed by atoms with Gasteiger partial charge in [-0.3, -0.25) is 14.4 Å². The van der Waals surface area contributed by atoms with Crippen LogP contribution in [0.1, 0.15) is 90.0 Å². The SMILES string of the molecule is CC(C)(C)OC(=O)NC1CCCCCC=C[C@@H]2C[C@@]2(C(=O)NS(=O)(=O)NC2CC2c2ccccc2)NC(=O)[C@@H]2CCCN2C1=O. The van der Waals surface area contributed by atoms with Gasteiger partial charge >= 0.3 is 16.3 Å². The quantitative estimate of drug-likeness (QED) is 0.347. The summed E-state index contributed by atoms with van der Waals surface area (Å²) in [6.07, 6.45) is 8.42. The van der Waals surface area contributed by atoms with Crippen LogP contribution in [0.2, 0.25) is 0 Å². The van der Waals surface area contributed by atoms with Gasteiger partial charge in [-0.2, -0.15) is 13.1 Å². The Morgan fingerprint density at radius 2 is 1.80 bits per heavy atom. The van der Waals surface area contributed by atoms with Crippen molar-refractivity contribution < 1.29 is 32.3 Å². The molecular weight excluding hydrogens is 598 g/mol. The highest BCUT2D eigenvalue weighted by Crippen LogP contribution is 2.46. The molecule has 0 spiro atoms. The summed E-state index contributed by atoms with van der Waals surface area (Å²) >= 11 is 0. The van der Waals surface area contributed by atoms with Gasteiger partial charge in [-0.15, -0.1) is 0 Å². The van der Waals surface area contributed by atoms with E-state index in [-0.39, 0.29) is 30.2 Å². The maximum absolute atomic E-state index is 13.7. The van der Waals surface area contributed by atoms with Crippen LogP contribution in [-0.2, 0) is 29.3 Å². The van der Waals surface area contributed by atoms with Crippen molar-refractivity contribution in [2.24, 2.45) is 5.92 Å². The van der Waals surface area contributed by atoms with E-state index in [1.54, 1.807) is 20.8 Å². The predicted molar refractivity (Wildman–Crippen MR) is 167 cm³/mol. The van der Waals surface area contributed by atoms with Gasteiger partial charge in [0.2, 0.25) is 11.8 Å². The number of nitrogens with one attached hydrogen (secondary N) is 4. The first-order chi connectivity index (χ1) is 21.3. The molecule has 3 unspecified atom stereocenters. The number of fused-ring (bicyclic) bond motifs is 2. The molecule has 5 rings (SSSR count). The van der Waals surface area contributed by atoms with E-state index in [2.05, 4.69) is 20.1 Å². The summed E-state index contributed by atoms with van der Waals surface area (Å²) < 4.78 is 36.2. The molecule has 4 amide bonds. The van der Waals surface area contributed by atoms with Crippen LogP contribution in [0.15, 0.2) is 42.5 Å². The molecule has 2 aliphatic carbocycles. The summed E-state index contributed by atoms with van der Waals surface area (Å²) in [5.41, 5.74) is -1.16. The van der Waals surface area contributed by atoms with Crippen molar-refractivity contribution in [2.75, 3.05) is 6.54 Å². The van der Waals surface area contributed by atoms with E-state index in [0.29, 0.717) is 38.6 Å². The van der Waals surface area contributed by atoms with Crippen LogP contribution in [0.4, 0.5) is 4.79 Å². The number of benzene rings is 1. The van der Waals surface area contributed by atoms with Crippen molar-refractivity contribution in [3.05, 3.63) is 48.0 Å². The van der Waals surface area contributed by atoms with Crippen molar-refractivity contribution in [3.63, 3.8) is 0 Å². The largest absolute Gasteiger partial charge is 0.444 e. The monoisotopic (exact) mass is 643 g/mol. The molecule has 12 nitrogen and oxygen atoms in total. The predicted octanol–water partition coefficient (Wildman–Crippen LogP) is 2.77. The molecule has 1 aromatic carbocycles. The number of rotatable bonds is 6. The first kappa shape index (κ1) is 32.9. The molecule has 1 aromatic rings. The van der Waals surface area contributed by atoms with Crippen molar-refractivity contribution >= 4 is 34.0 Å². The second-order valence-corrected chi connectivity index (χ2v) is 15.1. The Kier molecular flexibility index (Phi) is 9.60. The van der Waals surface area contributed by atoms with Gasteiger partial charge in [-0.1, -0.05) is 55.3 Å². The lowest BCUT2D eigenvalue weighted by atomic mass is 10.0. The Balaban J connectivity index is 1.29. The molecule has 3 fully saturated rings. The van der Waals surface area contributed by atoms with Gasteiger partial charge < -0.3 is 20.3 Å². The molecule has 13 heteroatoms. The lowest BCUT2D eigenvalue weighted by Crippen LogP contribution is -2.59. The molecule has 2 aliphatic heterocycles. The average molecular weight is 644 g/mol. The number of hydrogen-bond acceptors (Lipinski definition) is 7. The smallest absolute Gasteiger partial charge is 0.408 e. The van der Waals surface area contributed by atoms with Crippen LogP contribution >= 0.6 is 0 Å². The summed E-state index contributed by atoms with van der Waals surface area (Å²) in [4.78, 5) is 55.1. The lowest BCUT2D eigenvalue weighted by Gasteiger charge is -2.30. The Morgan fingerprint density at radius 3 is 2.53 bits per heavy atom. The third-order valence-electron chi connectivity index (χ3n) is 8.88. The number of ether oxygens (including phenoxy) is 1. The number of allylic oxidation sites excluding steroid dienone is 1. The minimum absolute atomic E-state index is 0.0327. The van der Waals surface area contributed by atoms with Crippen LogP contribution in [0.25, 0.3) is 0 Å². The van der Waals surface area contributed by atoms with Gasteiger partial charge in [0, 0.05) is 24.4 Å². The van der Waals surface area contributed by atoms with Crippen LogP contribution in [-0.4, -0.2) is 72.9 Å². The van der Waals surface area contributed by atoms with Gasteiger partial charge in [0.25, 0.3) is 5.91 Å². The first-order valence-electron chi connectivity index (χ1n) is 16.0. The number of nitrogens with zero attached hydrogens (tertiary/aromatic N) is 1. The molecule has 2 saturated carbocycles. The fourth-order valence-electron chi connectivity index (χ4n) is 6.38. The molecular formula is C32H45N5O7S. The molecule has 1 saturated heterocycles. The van der Waals surface area contributed by atoms with Crippen molar-refractivity contribution in [2.45, 2.75) is 114 Å². The fraction of sp³-hybridized carbons (Fsp3) is 0.625. The Labute approximate surface area is 265 Å². The summed E-state index contributed by atoms with van der Waals surface area (Å²) in [5, 5.41) is 5.55. The van der Waals surface area contributed by atoms with E-state index in [1.807, 2.05) is 42.5 Å². The van der Waals surface area contributed by atoms with E-state index in [9.17, 15) is 27.6 Å². The van der Waals surface area contributed by atoms with E-state index >= 15 is 0 Å². The molecule has 0 bridgehead atoms. The molecule has 45 heavy (non-hydrogen) atoms. The second-order valence-electron chi connectivity index (χ2n) is 13.6. The van der Waals surface area contributed by atoms with Crippen LogP contribution in [0, 0.1) is 5.92 Å². The maximum Gasteiger partial charge on any atom is 0.408 e. The third kappa shape index (κ3) is 8.23. The zero-order valence-electron chi connectivity index (χ0n) is 26.2. The molecule has 4 aliphatic rings. The topological polar surface area (TPSA) is 163 Å². The maximum atomic E-state index is 13.7. The molecule has 246 valence electrons. The number of hydrogen-bond donors (Lipinski definition) is 4. The van der Waals surface area contributed by atoms with E-state index < -0.39 is 51.3 Å². The third-order valence-corrected chi connectivity index (χ3v) is 9.94. The first-order valence-corrected chi connectivity index (χ1v) is 17.4. The minimum atomic E-state index is -4.20. The molecule has 0 aromatic heterocycles. The number of alkyl carbamates (subject to hydrolysis) is 1. The lowest BCUT2D eigenvalue weighted by molar-refractivity contribution is -0.141. The summed E-state index contributed by atoms with van der Waals surface area (Å²) in [6.45, 7) is 5.55. The summed E-state index contributed by atoms with van der Waals surface area (Å²) in [6, 6.07) is 7.53. The van der Waals surface area contributed by atoms with Gasteiger partial charge in [0.05, 0.1) is 0 Å². The Bertz CT molecular complexity index is 1430.